The summed E-state index contributed by atoms with van der Waals surface area (Å²) in [5, 5.41) is 9.96. The van der Waals surface area contributed by atoms with E-state index in [1.54, 1.807) is 41.5 Å². The first-order valence-corrected chi connectivity index (χ1v) is 6.81. The molecule has 0 aliphatic rings. The number of furan rings is 1. The van der Waals surface area contributed by atoms with Crippen molar-refractivity contribution in [1.82, 2.24) is 10.2 Å². The number of rotatable bonds is 4. The molecule has 0 aromatic carbocycles. The highest BCUT2D eigenvalue weighted by molar-refractivity contribution is 8.00. The minimum atomic E-state index is 0.428. The largest absolute Gasteiger partial charge is 0.459 e. The van der Waals surface area contributed by atoms with E-state index in [0.29, 0.717) is 23.3 Å². The Labute approximate surface area is 106 Å². The van der Waals surface area contributed by atoms with Crippen LogP contribution in [0.2, 0.25) is 0 Å². The lowest BCUT2D eigenvalue weighted by atomic mass is 10.5. The van der Waals surface area contributed by atoms with Crippen molar-refractivity contribution in [3.8, 4) is 11.7 Å². The van der Waals surface area contributed by atoms with Gasteiger partial charge in [0, 0.05) is 0 Å². The molecule has 6 heteroatoms. The minimum absolute atomic E-state index is 0.428. The SMILES string of the molecule is c1coc(-c2nnc(CSc3cccs3)o2)c1. The molecule has 0 saturated heterocycles. The van der Waals surface area contributed by atoms with E-state index in [0.717, 1.165) is 0 Å². The fraction of sp³-hybridized carbons (Fsp3) is 0.0909. The van der Waals surface area contributed by atoms with Crippen LogP contribution in [0.15, 0.2) is 49.0 Å². The van der Waals surface area contributed by atoms with Gasteiger partial charge in [-0.1, -0.05) is 6.07 Å². The van der Waals surface area contributed by atoms with Gasteiger partial charge in [-0.25, -0.2) is 0 Å². The van der Waals surface area contributed by atoms with Gasteiger partial charge in [0.25, 0.3) is 5.89 Å². The zero-order chi connectivity index (χ0) is 11.5. The molecule has 0 radical (unpaired) electrons. The van der Waals surface area contributed by atoms with Crippen molar-refractivity contribution < 1.29 is 8.83 Å². The van der Waals surface area contributed by atoms with Crippen LogP contribution in [0.4, 0.5) is 0 Å². The van der Waals surface area contributed by atoms with Gasteiger partial charge in [-0.05, 0) is 23.6 Å². The molecular weight excluding hydrogens is 256 g/mol. The zero-order valence-corrected chi connectivity index (χ0v) is 10.3. The highest BCUT2D eigenvalue weighted by Crippen LogP contribution is 2.27. The van der Waals surface area contributed by atoms with E-state index in [1.807, 2.05) is 11.4 Å². The molecule has 17 heavy (non-hydrogen) atoms. The third-order valence-electron chi connectivity index (χ3n) is 2.03. The molecule has 4 nitrogen and oxygen atoms in total. The summed E-state index contributed by atoms with van der Waals surface area (Å²) in [5.41, 5.74) is 0. The van der Waals surface area contributed by atoms with Crippen molar-refractivity contribution in [1.29, 1.82) is 0 Å². The minimum Gasteiger partial charge on any atom is -0.459 e. The van der Waals surface area contributed by atoms with Gasteiger partial charge in [-0.2, -0.15) is 0 Å². The fourth-order valence-corrected chi connectivity index (χ4v) is 2.91. The average molecular weight is 264 g/mol. The van der Waals surface area contributed by atoms with Crippen LogP contribution in [0.3, 0.4) is 0 Å². The van der Waals surface area contributed by atoms with Crippen LogP contribution in [0.5, 0.6) is 0 Å². The number of aromatic nitrogens is 2. The molecule has 0 fully saturated rings. The summed E-state index contributed by atoms with van der Waals surface area (Å²) in [5.74, 6) is 2.31. The topological polar surface area (TPSA) is 52.1 Å². The molecule has 0 saturated carbocycles. The van der Waals surface area contributed by atoms with Gasteiger partial charge >= 0.3 is 0 Å². The van der Waals surface area contributed by atoms with Gasteiger partial charge in [0.15, 0.2) is 5.76 Å². The molecule has 0 N–H and O–H groups in total. The molecule has 0 aliphatic carbocycles. The summed E-state index contributed by atoms with van der Waals surface area (Å²) >= 11 is 3.38. The number of hydrogen-bond acceptors (Lipinski definition) is 6. The quantitative estimate of drug-likeness (QED) is 0.673. The number of nitrogens with zero attached hydrogens (tertiary/aromatic N) is 2. The van der Waals surface area contributed by atoms with E-state index in [1.165, 1.54) is 4.21 Å². The normalized spacial score (nSPS) is 10.8. The second-order valence-corrected chi connectivity index (χ2v) is 5.42. The van der Waals surface area contributed by atoms with Gasteiger partial charge in [0.1, 0.15) is 0 Å². The first-order valence-electron chi connectivity index (χ1n) is 4.94. The molecule has 0 unspecified atom stereocenters. The predicted molar refractivity (Wildman–Crippen MR) is 65.9 cm³/mol. The van der Waals surface area contributed by atoms with E-state index in [4.69, 9.17) is 8.83 Å². The summed E-state index contributed by atoms with van der Waals surface area (Å²) in [4.78, 5) is 0. The lowest BCUT2D eigenvalue weighted by Gasteiger charge is -1.91. The molecule has 3 aromatic rings. The molecule has 3 rings (SSSR count). The maximum Gasteiger partial charge on any atom is 0.283 e. The lowest BCUT2D eigenvalue weighted by Crippen LogP contribution is -1.78. The Balaban J connectivity index is 1.69. The van der Waals surface area contributed by atoms with E-state index in [-0.39, 0.29) is 0 Å². The van der Waals surface area contributed by atoms with Crippen LogP contribution in [0.25, 0.3) is 11.7 Å². The van der Waals surface area contributed by atoms with Crippen LogP contribution in [0.1, 0.15) is 5.89 Å². The van der Waals surface area contributed by atoms with Crippen LogP contribution in [-0.4, -0.2) is 10.2 Å². The Morgan fingerprint density at radius 1 is 1.24 bits per heavy atom. The van der Waals surface area contributed by atoms with Crippen LogP contribution in [-0.2, 0) is 5.75 Å². The third kappa shape index (κ3) is 2.42. The van der Waals surface area contributed by atoms with Gasteiger partial charge in [-0.15, -0.1) is 33.3 Å². The van der Waals surface area contributed by atoms with Crippen molar-refractivity contribution >= 4 is 23.1 Å². The Morgan fingerprint density at radius 2 is 2.24 bits per heavy atom. The summed E-state index contributed by atoms with van der Waals surface area (Å²) in [7, 11) is 0. The lowest BCUT2D eigenvalue weighted by molar-refractivity contribution is 0.494. The maximum atomic E-state index is 5.49. The highest BCUT2D eigenvalue weighted by Gasteiger charge is 2.10. The van der Waals surface area contributed by atoms with Crippen LogP contribution in [0, 0.1) is 0 Å². The Morgan fingerprint density at radius 3 is 3.00 bits per heavy atom. The smallest absolute Gasteiger partial charge is 0.283 e. The molecule has 0 spiro atoms. The number of thiophene rings is 1. The second-order valence-electron chi connectivity index (χ2n) is 3.20. The van der Waals surface area contributed by atoms with Gasteiger partial charge in [0.2, 0.25) is 5.89 Å². The number of thioether (sulfide) groups is 1. The van der Waals surface area contributed by atoms with Crippen molar-refractivity contribution in [3.05, 3.63) is 41.8 Å². The summed E-state index contributed by atoms with van der Waals surface area (Å²) in [6.07, 6.45) is 1.58. The van der Waals surface area contributed by atoms with Gasteiger partial charge in [-0.3, -0.25) is 0 Å². The summed E-state index contributed by atoms with van der Waals surface area (Å²) in [6, 6.07) is 7.68. The van der Waals surface area contributed by atoms with E-state index >= 15 is 0 Å². The molecule has 0 bridgehead atoms. The molecule has 0 amide bonds. The van der Waals surface area contributed by atoms with Gasteiger partial charge < -0.3 is 8.83 Å². The second kappa shape index (κ2) is 4.77. The average Bonchev–Trinajstić information content (AvgIpc) is 3.09. The molecule has 86 valence electrons. The first kappa shape index (κ1) is 10.6. The molecular formula is C11H8N2O2S2. The molecule has 3 heterocycles. The van der Waals surface area contributed by atoms with Crippen LogP contribution >= 0.6 is 23.1 Å². The Kier molecular flexibility index (Phi) is 2.98. The highest BCUT2D eigenvalue weighted by atomic mass is 32.2. The molecule has 0 atom stereocenters. The molecule has 0 aliphatic heterocycles. The number of hydrogen-bond donors (Lipinski definition) is 0. The monoisotopic (exact) mass is 264 g/mol. The maximum absolute atomic E-state index is 5.49. The first-order chi connectivity index (χ1) is 8.42. The summed E-state index contributed by atoms with van der Waals surface area (Å²) in [6.45, 7) is 0. The zero-order valence-electron chi connectivity index (χ0n) is 8.70. The Hall–Kier alpha value is -1.53. The Bertz CT molecular complexity index is 572. The van der Waals surface area contributed by atoms with E-state index in [9.17, 15) is 0 Å². The summed E-state index contributed by atoms with van der Waals surface area (Å²) < 4.78 is 11.9. The fourth-order valence-electron chi connectivity index (χ4n) is 1.29. The van der Waals surface area contributed by atoms with Crippen molar-refractivity contribution in [3.63, 3.8) is 0 Å². The standard InChI is InChI=1S/C11H8N2O2S2/c1-3-8(14-5-1)11-13-12-9(15-11)7-17-10-4-2-6-16-10/h1-6H,7H2. The predicted octanol–water partition coefficient (Wildman–Crippen LogP) is 3.68. The van der Waals surface area contributed by atoms with E-state index in [2.05, 4.69) is 16.3 Å². The van der Waals surface area contributed by atoms with Crippen molar-refractivity contribution in [2.75, 3.05) is 0 Å². The van der Waals surface area contributed by atoms with Crippen molar-refractivity contribution in [2.24, 2.45) is 0 Å². The third-order valence-corrected chi connectivity index (χ3v) is 4.15. The van der Waals surface area contributed by atoms with Gasteiger partial charge in [0.05, 0.1) is 16.2 Å². The molecule has 3 aromatic heterocycles. The van der Waals surface area contributed by atoms with Crippen molar-refractivity contribution in [2.45, 2.75) is 9.96 Å². The van der Waals surface area contributed by atoms with Crippen LogP contribution < -0.4 is 0 Å². The van der Waals surface area contributed by atoms with E-state index < -0.39 is 0 Å².